The fourth-order valence-electron chi connectivity index (χ4n) is 4.45. The topological polar surface area (TPSA) is 73.8 Å². The number of hydrogen-bond acceptors (Lipinski definition) is 3. The summed E-state index contributed by atoms with van der Waals surface area (Å²) in [5.74, 6) is 0.782. The first kappa shape index (κ1) is 20.3. The number of benzene rings is 2. The molecular weight excluding hydrogens is 402 g/mol. The van der Waals surface area contributed by atoms with Gasteiger partial charge in [0.15, 0.2) is 0 Å². The maximum absolute atomic E-state index is 13.0. The minimum Gasteiger partial charge on any atom is -0.351 e. The van der Waals surface area contributed by atoms with Gasteiger partial charge in [-0.1, -0.05) is 48.5 Å². The van der Waals surface area contributed by atoms with E-state index in [1.165, 1.54) is 0 Å². The highest BCUT2D eigenvalue weighted by Crippen LogP contribution is 2.21. The van der Waals surface area contributed by atoms with Crippen LogP contribution in [0.1, 0.15) is 41.1 Å². The van der Waals surface area contributed by atoms with Crippen molar-refractivity contribution in [1.29, 1.82) is 0 Å². The number of carbonyl (C=O) groups is 1. The summed E-state index contributed by atoms with van der Waals surface area (Å²) in [5.41, 5.74) is 2.79. The summed E-state index contributed by atoms with van der Waals surface area (Å²) in [6.45, 7) is 2.38. The van der Waals surface area contributed by atoms with Gasteiger partial charge in [0.25, 0.3) is 5.91 Å². The van der Waals surface area contributed by atoms with Crippen molar-refractivity contribution in [3.8, 4) is 0 Å². The van der Waals surface area contributed by atoms with E-state index >= 15 is 0 Å². The second-order valence-corrected chi connectivity index (χ2v) is 8.30. The van der Waals surface area contributed by atoms with Crippen molar-refractivity contribution in [2.24, 2.45) is 0 Å². The van der Waals surface area contributed by atoms with Gasteiger partial charge in [0, 0.05) is 43.5 Å². The van der Waals surface area contributed by atoms with Gasteiger partial charge in [-0.15, -0.1) is 0 Å². The van der Waals surface area contributed by atoms with Gasteiger partial charge in [0.2, 0.25) is 0 Å². The van der Waals surface area contributed by atoms with Crippen LogP contribution in [0.2, 0.25) is 0 Å². The third kappa shape index (κ3) is 3.98. The number of aromatic nitrogens is 4. The lowest BCUT2D eigenvalue weighted by Gasteiger charge is -2.11. The van der Waals surface area contributed by atoms with Crippen molar-refractivity contribution in [3.05, 3.63) is 88.2 Å². The van der Waals surface area contributed by atoms with Gasteiger partial charge < -0.3 is 9.88 Å². The van der Waals surface area contributed by atoms with E-state index < -0.39 is 0 Å². The van der Waals surface area contributed by atoms with Crippen LogP contribution in [0.15, 0.2) is 65.5 Å². The minimum atomic E-state index is -0.103. The molecule has 4 aromatic rings. The Bertz CT molecular complexity index is 1300. The van der Waals surface area contributed by atoms with Crippen molar-refractivity contribution < 1.29 is 4.79 Å². The minimum absolute atomic E-state index is 0.0333. The van der Waals surface area contributed by atoms with E-state index in [9.17, 15) is 9.59 Å². The number of para-hydroxylation sites is 1. The van der Waals surface area contributed by atoms with Crippen molar-refractivity contribution in [2.45, 2.75) is 45.3 Å². The van der Waals surface area contributed by atoms with E-state index in [1.807, 2.05) is 48.5 Å². The van der Waals surface area contributed by atoms with Crippen molar-refractivity contribution >= 4 is 16.8 Å². The molecule has 0 bridgehead atoms. The van der Waals surface area contributed by atoms with E-state index in [1.54, 1.807) is 9.25 Å². The summed E-state index contributed by atoms with van der Waals surface area (Å²) < 4.78 is 5.39. The average Bonchev–Trinajstić information content (AvgIpc) is 3.35. The summed E-state index contributed by atoms with van der Waals surface area (Å²) in [4.78, 5) is 25.5. The molecular formula is C25H27N5O2. The molecule has 7 nitrogen and oxygen atoms in total. The van der Waals surface area contributed by atoms with Crippen LogP contribution in [0.25, 0.3) is 10.9 Å². The van der Waals surface area contributed by atoms with Crippen LogP contribution in [-0.4, -0.2) is 31.4 Å². The number of aryl methyl sites for hydroxylation is 2. The highest BCUT2D eigenvalue weighted by Gasteiger charge is 2.17. The predicted octanol–water partition coefficient (Wildman–Crippen LogP) is 3.20. The molecule has 1 aliphatic heterocycles. The van der Waals surface area contributed by atoms with Crippen LogP contribution >= 0.6 is 0 Å². The second-order valence-electron chi connectivity index (χ2n) is 8.30. The molecule has 0 unspecified atom stereocenters. The Kier molecular flexibility index (Phi) is 5.62. The Labute approximate surface area is 186 Å². The molecule has 0 fully saturated rings. The zero-order valence-corrected chi connectivity index (χ0v) is 18.0. The van der Waals surface area contributed by atoms with Crippen LogP contribution in [0, 0.1) is 0 Å². The van der Waals surface area contributed by atoms with Gasteiger partial charge in [-0.3, -0.25) is 9.36 Å². The van der Waals surface area contributed by atoms with Crippen LogP contribution in [0.4, 0.5) is 0 Å². The fourth-order valence-corrected chi connectivity index (χ4v) is 4.45. The quantitative estimate of drug-likeness (QED) is 0.459. The molecule has 0 saturated heterocycles. The number of nitrogens with one attached hydrogen (secondary N) is 1. The summed E-state index contributed by atoms with van der Waals surface area (Å²) in [6.07, 6.45) is 3.64. The summed E-state index contributed by atoms with van der Waals surface area (Å²) in [7, 11) is 0. The summed E-state index contributed by atoms with van der Waals surface area (Å²) in [6, 6.07) is 20.1. The van der Waals surface area contributed by atoms with Gasteiger partial charge in [0.05, 0.1) is 0 Å². The molecule has 5 rings (SSSR count). The molecule has 1 aliphatic rings. The third-order valence-corrected chi connectivity index (χ3v) is 6.09. The van der Waals surface area contributed by atoms with Gasteiger partial charge >= 0.3 is 5.69 Å². The molecule has 2 aromatic carbocycles. The molecule has 0 radical (unpaired) electrons. The highest BCUT2D eigenvalue weighted by atomic mass is 16.2. The van der Waals surface area contributed by atoms with E-state index in [0.717, 1.165) is 48.1 Å². The van der Waals surface area contributed by atoms with Gasteiger partial charge in [-0.25, -0.2) is 9.48 Å². The van der Waals surface area contributed by atoms with Crippen LogP contribution in [0.3, 0.4) is 0 Å². The Morgan fingerprint density at radius 1 is 1.03 bits per heavy atom. The van der Waals surface area contributed by atoms with Gasteiger partial charge in [-0.2, -0.15) is 5.10 Å². The molecule has 1 amide bonds. The Hall–Kier alpha value is -3.61. The number of carbonyl (C=O) groups excluding carboxylic acids is 1. The lowest BCUT2D eigenvalue weighted by molar-refractivity contribution is 0.0944. The highest BCUT2D eigenvalue weighted by molar-refractivity contribution is 5.98. The van der Waals surface area contributed by atoms with E-state index in [4.69, 9.17) is 0 Å². The van der Waals surface area contributed by atoms with Crippen LogP contribution < -0.4 is 11.0 Å². The molecule has 32 heavy (non-hydrogen) atoms. The lowest BCUT2D eigenvalue weighted by atomic mass is 10.2. The molecule has 164 valence electrons. The number of fused-ring (bicyclic) bond motifs is 2. The van der Waals surface area contributed by atoms with Gasteiger partial charge in [-0.05, 0) is 37.0 Å². The summed E-state index contributed by atoms with van der Waals surface area (Å²) >= 11 is 0. The number of rotatable bonds is 7. The largest absolute Gasteiger partial charge is 0.351 e. The fraction of sp³-hybridized carbons (Fsp3) is 0.320. The number of nitrogens with zero attached hydrogens (tertiary/aromatic N) is 4. The lowest BCUT2D eigenvalue weighted by Crippen LogP contribution is -2.30. The Morgan fingerprint density at radius 2 is 1.84 bits per heavy atom. The first-order valence-electron chi connectivity index (χ1n) is 11.3. The number of hydrogen-bond donors (Lipinski definition) is 1. The first-order valence-corrected chi connectivity index (χ1v) is 11.3. The second kappa shape index (κ2) is 8.86. The summed E-state index contributed by atoms with van der Waals surface area (Å²) in [5, 5.41) is 8.54. The zero-order chi connectivity index (χ0) is 21.9. The Morgan fingerprint density at radius 3 is 2.69 bits per heavy atom. The SMILES string of the molecule is O=C(NCCCn1nc2n(c1=O)CCCC2)c1cc2ccccc2n1Cc1ccccc1. The average molecular weight is 430 g/mol. The van der Waals surface area contributed by atoms with E-state index in [0.29, 0.717) is 31.7 Å². The van der Waals surface area contributed by atoms with E-state index in [2.05, 4.69) is 27.1 Å². The molecule has 0 aliphatic carbocycles. The van der Waals surface area contributed by atoms with Crippen molar-refractivity contribution in [2.75, 3.05) is 6.54 Å². The van der Waals surface area contributed by atoms with Crippen LogP contribution in [0.5, 0.6) is 0 Å². The molecule has 3 heterocycles. The maximum Gasteiger partial charge on any atom is 0.345 e. The van der Waals surface area contributed by atoms with E-state index in [-0.39, 0.29) is 11.6 Å². The smallest absolute Gasteiger partial charge is 0.345 e. The first-order chi connectivity index (χ1) is 15.7. The zero-order valence-electron chi connectivity index (χ0n) is 18.0. The maximum atomic E-state index is 13.0. The normalized spacial score (nSPS) is 13.2. The Balaban J connectivity index is 1.27. The molecule has 0 spiro atoms. The number of amides is 1. The van der Waals surface area contributed by atoms with Crippen molar-refractivity contribution in [3.63, 3.8) is 0 Å². The van der Waals surface area contributed by atoms with Crippen molar-refractivity contribution in [1.82, 2.24) is 24.2 Å². The molecule has 0 saturated carbocycles. The third-order valence-electron chi connectivity index (χ3n) is 6.09. The molecule has 1 N–H and O–H groups in total. The van der Waals surface area contributed by atoms with Crippen LogP contribution in [-0.2, 0) is 26.1 Å². The molecule has 7 heteroatoms. The molecule has 2 aromatic heterocycles. The molecule has 0 atom stereocenters. The standard InChI is InChI=1S/C25H27N5O2/c31-24(26-14-8-16-30-25(32)28-15-7-6-13-23(28)27-30)22-17-20-11-4-5-12-21(20)29(22)18-19-9-2-1-3-10-19/h1-5,9-12,17H,6-8,13-16,18H2,(H,26,31). The monoisotopic (exact) mass is 429 g/mol. The van der Waals surface area contributed by atoms with Gasteiger partial charge in [0.1, 0.15) is 11.5 Å². The predicted molar refractivity (Wildman–Crippen MR) is 124 cm³/mol.